The zero-order valence-electron chi connectivity index (χ0n) is 17.2. The zero-order chi connectivity index (χ0) is 20.2. The van der Waals surface area contributed by atoms with Gasteiger partial charge in [-0.1, -0.05) is 69.4 Å². The Morgan fingerprint density at radius 3 is 2.57 bits per heavy atom. The van der Waals surface area contributed by atoms with Crippen LogP contribution in [0.5, 0.6) is 0 Å². The van der Waals surface area contributed by atoms with E-state index < -0.39 is 5.97 Å². The standard InChI is InChI=1S/C24H35NO3/c1-2-3-4-5-6-7-8-9-10-11-14-20(19-17-23(26)25-18-19)21-15-12-13-16-22(21)24(27)28/h9-10,12-13,15-16,19-20H,2-8,11,14,17-18H2,1H3,(H,25,26)(H,27,28)/b10-9+. The molecule has 4 nitrogen and oxygen atoms in total. The molecule has 1 aromatic carbocycles. The van der Waals surface area contributed by atoms with Gasteiger partial charge in [-0.2, -0.15) is 0 Å². The van der Waals surface area contributed by atoms with Gasteiger partial charge in [0.05, 0.1) is 5.56 Å². The van der Waals surface area contributed by atoms with Crippen LogP contribution >= 0.6 is 0 Å². The lowest BCUT2D eigenvalue weighted by atomic mass is 9.80. The molecule has 2 unspecified atom stereocenters. The van der Waals surface area contributed by atoms with Gasteiger partial charge in [-0.15, -0.1) is 0 Å². The van der Waals surface area contributed by atoms with Crippen molar-refractivity contribution in [3.63, 3.8) is 0 Å². The van der Waals surface area contributed by atoms with Crippen LogP contribution < -0.4 is 5.32 Å². The number of aromatic carboxylic acids is 1. The Hall–Kier alpha value is -2.10. The third-order valence-electron chi connectivity index (χ3n) is 5.70. The molecule has 1 aliphatic heterocycles. The highest BCUT2D eigenvalue weighted by molar-refractivity contribution is 5.89. The van der Waals surface area contributed by atoms with Crippen molar-refractivity contribution in [3.8, 4) is 0 Å². The summed E-state index contributed by atoms with van der Waals surface area (Å²) in [5.41, 5.74) is 1.23. The molecule has 0 spiro atoms. The molecule has 1 fully saturated rings. The molecule has 1 aromatic rings. The van der Waals surface area contributed by atoms with E-state index in [0.717, 1.165) is 24.8 Å². The maximum atomic E-state index is 11.7. The lowest BCUT2D eigenvalue weighted by molar-refractivity contribution is -0.119. The highest BCUT2D eigenvalue weighted by Crippen LogP contribution is 2.35. The maximum Gasteiger partial charge on any atom is 0.335 e. The number of carbonyl (C=O) groups is 2. The Kier molecular flexibility index (Phi) is 9.81. The largest absolute Gasteiger partial charge is 0.478 e. The van der Waals surface area contributed by atoms with Crippen molar-refractivity contribution in [2.45, 2.75) is 77.0 Å². The predicted molar refractivity (Wildman–Crippen MR) is 114 cm³/mol. The molecular formula is C24H35NO3. The van der Waals surface area contributed by atoms with Crippen molar-refractivity contribution >= 4 is 11.9 Å². The molecule has 154 valence electrons. The molecule has 2 N–H and O–H groups in total. The number of carbonyl (C=O) groups excluding carboxylic acids is 1. The van der Waals surface area contributed by atoms with Gasteiger partial charge in [-0.3, -0.25) is 4.79 Å². The molecule has 4 heteroatoms. The molecule has 1 amide bonds. The fourth-order valence-electron chi connectivity index (χ4n) is 4.13. The highest BCUT2D eigenvalue weighted by atomic mass is 16.4. The summed E-state index contributed by atoms with van der Waals surface area (Å²) < 4.78 is 0. The van der Waals surface area contributed by atoms with Crippen LogP contribution in [0.3, 0.4) is 0 Å². The maximum absolute atomic E-state index is 11.7. The molecular weight excluding hydrogens is 350 g/mol. The normalized spacial score (nSPS) is 17.8. The third kappa shape index (κ3) is 7.14. The number of nitrogens with one attached hydrogen (secondary N) is 1. The van der Waals surface area contributed by atoms with E-state index in [1.54, 1.807) is 12.1 Å². The number of carboxylic acids is 1. The van der Waals surface area contributed by atoms with Crippen molar-refractivity contribution in [1.82, 2.24) is 5.32 Å². The quantitative estimate of drug-likeness (QED) is 0.338. The van der Waals surface area contributed by atoms with Crippen LogP contribution in [0, 0.1) is 5.92 Å². The van der Waals surface area contributed by atoms with Crippen molar-refractivity contribution in [2.24, 2.45) is 5.92 Å². The number of amides is 1. The average Bonchev–Trinajstić information content (AvgIpc) is 3.12. The van der Waals surface area contributed by atoms with Crippen molar-refractivity contribution in [1.29, 1.82) is 0 Å². The molecule has 0 bridgehead atoms. The number of hydrogen-bond acceptors (Lipinski definition) is 2. The second-order valence-corrected chi connectivity index (χ2v) is 7.87. The van der Waals surface area contributed by atoms with E-state index in [2.05, 4.69) is 24.4 Å². The Labute approximate surface area is 169 Å². The Morgan fingerprint density at radius 2 is 1.86 bits per heavy atom. The lowest BCUT2D eigenvalue weighted by Gasteiger charge is -2.24. The summed E-state index contributed by atoms with van der Waals surface area (Å²) in [4.78, 5) is 23.4. The first-order valence-corrected chi connectivity index (χ1v) is 10.9. The summed E-state index contributed by atoms with van der Waals surface area (Å²) in [6, 6.07) is 7.25. The molecule has 2 atom stereocenters. The minimum Gasteiger partial charge on any atom is -0.478 e. The smallest absolute Gasteiger partial charge is 0.335 e. The first kappa shape index (κ1) is 22.2. The van der Waals surface area contributed by atoms with E-state index in [9.17, 15) is 14.7 Å². The average molecular weight is 386 g/mol. The number of carboxylic acid groups (broad SMARTS) is 1. The summed E-state index contributed by atoms with van der Waals surface area (Å²) in [5.74, 6) is -0.567. The van der Waals surface area contributed by atoms with Gasteiger partial charge >= 0.3 is 5.97 Å². The Balaban J connectivity index is 1.89. The first-order chi connectivity index (χ1) is 13.6. The van der Waals surface area contributed by atoms with E-state index in [1.165, 1.54) is 38.5 Å². The zero-order valence-corrected chi connectivity index (χ0v) is 17.2. The molecule has 0 saturated carbocycles. The number of hydrogen-bond donors (Lipinski definition) is 2. The summed E-state index contributed by atoms with van der Waals surface area (Å²) in [7, 11) is 0. The Bertz CT molecular complexity index is 653. The van der Waals surface area contributed by atoms with Gasteiger partial charge in [0, 0.05) is 13.0 Å². The Morgan fingerprint density at radius 1 is 1.14 bits per heavy atom. The van der Waals surface area contributed by atoms with E-state index in [4.69, 9.17) is 0 Å². The third-order valence-corrected chi connectivity index (χ3v) is 5.70. The van der Waals surface area contributed by atoms with Crippen LogP contribution in [0.1, 0.15) is 93.0 Å². The summed E-state index contributed by atoms with van der Waals surface area (Å²) >= 11 is 0. The SMILES string of the molecule is CCCCCCCC/C=C/CCC(c1ccccc1C(=O)O)C1CNC(=O)C1. The first-order valence-electron chi connectivity index (χ1n) is 10.9. The van der Waals surface area contributed by atoms with Crippen molar-refractivity contribution in [2.75, 3.05) is 6.54 Å². The molecule has 1 aliphatic rings. The van der Waals surface area contributed by atoms with Crippen molar-refractivity contribution in [3.05, 3.63) is 47.5 Å². The second kappa shape index (κ2) is 12.4. The molecule has 1 saturated heterocycles. The summed E-state index contributed by atoms with van der Waals surface area (Å²) in [6.45, 7) is 2.88. The van der Waals surface area contributed by atoms with E-state index >= 15 is 0 Å². The molecule has 0 aliphatic carbocycles. The molecule has 0 radical (unpaired) electrons. The number of allylic oxidation sites excluding steroid dienone is 2. The number of rotatable bonds is 13. The van der Waals surface area contributed by atoms with Crippen LogP contribution in [0.25, 0.3) is 0 Å². The second-order valence-electron chi connectivity index (χ2n) is 7.87. The molecule has 0 aromatic heterocycles. The van der Waals surface area contributed by atoms with Crippen LogP contribution in [0.4, 0.5) is 0 Å². The summed E-state index contributed by atoms with van der Waals surface area (Å²) in [5, 5.41) is 12.5. The lowest BCUT2D eigenvalue weighted by Crippen LogP contribution is -2.19. The van der Waals surface area contributed by atoms with Gasteiger partial charge < -0.3 is 10.4 Å². The van der Waals surface area contributed by atoms with E-state index in [-0.39, 0.29) is 17.7 Å². The van der Waals surface area contributed by atoms with Gasteiger partial charge in [0.1, 0.15) is 0 Å². The number of unbranched alkanes of at least 4 members (excludes halogenated alkanes) is 6. The van der Waals surface area contributed by atoms with Crippen LogP contribution in [-0.4, -0.2) is 23.5 Å². The van der Waals surface area contributed by atoms with Crippen LogP contribution in [-0.2, 0) is 4.79 Å². The number of benzene rings is 1. The van der Waals surface area contributed by atoms with Crippen molar-refractivity contribution < 1.29 is 14.7 Å². The minimum absolute atomic E-state index is 0.0708. The molecule has 28 heavy (non-hydrogen) atoms. The monoisotopic (exact) mass is 385 g/mol. The van der Waals surface area contributed by atoms with Crippen LogP contribution in [0.2, 0.25) is 0 Å². The van der Waals surface area contributed by atoms with Gasteiger partial charge in [0.25, 0.3) is 0 Å². The van der Waals surface area contributed by atoms with Gasteiger partial charge in [0.2, 0.25) is 5.91 Å². The van der Waals surface area contributed by atoms with Gasteiger partial charge in [-0.05, 0) is 49.1 Å². The summed E-state index contributed by atoms with van der Waals surface area (Å²) in [6.07, 6.45) is 15.7. The fraction of sp³-hybridized carbons (Fsp3) is 0.583. The van der Waals surface area contributed by atoms with Gasteiger partial charge in [-0.25, -0.2) is 4.79 Å². The predicted octanol–water partition coefficient (Wildman–Crippen LogP) is 5.69. The topological polar surface area (TPSA) is 66.4 Å². The highest BCUT2D eigenvalue weighted by Gasteiger charge is 2.31. The van der Waals surface area contributed by atoms with E-state index in [1.807, 2.05) is 12.1 Å². The minimum atomic E-state index is -0.892. The fourth-order valence-corrected chi connectivity index (χ4v) is 4.13. The molecule has 1 heterocycles. The van der Waals surface area contributed by atoms with Crippen LogP contribution in [0.15, 0.2) is 36.4 Å². The van der Waals surface area contributed by atoms with Gasteiger partial charge in [0.15, 0.2) is 0 Å². The van der Waals surface area contributed by atoms with E-state index in [0.29, 0.717) is 18.5 Å². The molecule has 2 rings (SSSR count).